The van der Waals surface area contributed by atoms with Gasteiger partial charge in [-0.1, -0.05) is 52.7 Å². The molecular formula is C29H46N2O5S. The zero-order valence-corrected chi connectivity index (χ0v) is 23.9. The Morgan fingerprint density at radius 1 is 1.30 bits per heavy atom. The molecule has 8 atom stereocenters. The van der Waals surface area contributed by atoms with Crippen molar-refractivity contribution in [1.82, 2.24) is 9.80 Å². The molecule has 3 fully saturated rings. The van der Waals surface area contributed by atoms with Gasteiger partial charge in [0.2, 0.25) is 11.8 Å². The summed E-state index contributed by atoms with van der Waals surface area (Å²) in [6.45, 7) is 16.9. The van der Waals surface area contributed by atoms with Crippen LogP contribution in [-0.2, 0) is 19.1 Å². The Bertz CT molecular complexity index is 865. The molecule has 8 heteroatoms. The van der Waals surface area contributed by atoms with E-state index in [9.17, 15) is 19.5 Å². The summed E-state index contributed by atoms with van der Waals surface area (Å²) in [6.07, 6.45) is 8.31. The summed E-state index contributed by atoms with van der Waals surface area (Å²) in [5.41, 5.74) is 0. The fourth-order valence-electron chi connectivity index (χ4n) is 6.64. The lowest BCUT2D eigenvalue weighted by molar-refractivity contribution is -0.155. The van der Waals surface area contributed by atoms with E-state index in [4.69, 9.17) is 4.74 Å². The molecule has 37 heavy (non-hydrogen) atoms. The van der Waals surface area contributed by atoms with Crippen LogP contribution in [0.5, 0.6) is 0 Å². The minimum Gasteiger partial charge on any atom is -0.465 e. The maximum absolute atomic E-state index is 14.4. The molecule has 3 unspecified atom stereocenters. The second-order valence-corrected chi connectivity index (χ2v) is 12.5. The van der Waals surface area contributed by atoms with Crippen LogP contribution in [0.1, 0.15) is 66.2 Å². The number of hydrogen-bond acceptors (Lipinski definition) is 6. The van der Waals surface area contributed by atoms with Gasteiger partial charge < -0.3 is 19.6 Å². The fourth-order valence-corrected chi connectivity index (χ4v) is 9.03. The van der Waals surface area contributed by atoms with Crippen LogP contribution in [0.2, 0.25) is 0 Å². The molecule has 3 aliphatic heterocycles. The van der Waals surface area contributed by atoms with Crippen LogP contribution in [0, 0.1) is 23.7 Å². The number of unbranched alkanes of at least 4 members (excludes halogenated alkanes) is 2. The molecule has 0 aromatic heterocycles. The van der Waals surface area contributed by atoms with Crippen LogP contribution >= 0.6 is 11.8 Å². The summed E-state index contributed by atoms with van der Waals surface area (Å²) < 4.78 is 4.95. The summed E-state index contributed by atoms with van der Waals surface area (Å²) in [7, 11) is 0. The van der Waals surface area contributed by atoms with Crippen LogP contribution in [-0.4, -0.2) is 81.1 Å². The first kappa shape index (κ1) is 29.8. The molecule has 0 radical (unpaired) electrons. The van der Waals surface area contributed by atoms with Crippen LogP contribution in [0.3, 0.4) is 0 Å². The monoisotopic (exact) mass is 534 g/mol. The number of amides is 2. The van der Waals surface area contributed by atoms with Crippen LogP contribution < -0.4 is 0 Å². The Labute approximate surface area is 227 Å². The summed E-state index contributed by atoms with van der Waals surface area (Å²) in [6, 6.07) is -1.21. The van der Waals surface area contributed by atoms with Crippen molar-refractivity contribution >= 4 is 29.5 Å². The number of fused-ring (bicyclic) bond motifs is 1. The highest BCUT2D eigenvalue weighted by Gasteiger charge is 2.77. The number of esters is 1. The van der Waals surface area contributed by atoms with Gasteiger partial charge in [-0.05, 0) is 37.5 Å². The molecule has 1 spiro atoms. The second kappa shape index (κ2) is 12.8. The van der Waals surface area contributed by atoms with Crippen molar-refractivity contribution in [1.29, 1.82) is 0 Å². The number of rotatable bonds is 15. The highest BCUT2D eigenvalue weighted by Crippen LogP contribution is 2.69. The summed E-state index contributed by atoms with van der Waals surface area (Å²) in [4.78, 5) is 45.6. The molecule has 0 aromatic rings. The van der Waals surface area contributed by atoms with E-state index < -0.39 is 28.7 Å². The number of carbonyl (C=O) groups is 3. The Balaban J connectivity index is 2.06. The summed E-state index contributed by atoms with van der Waals surface area (Å²) in [5, 5.41) is 10.4. The number of hydrogen-bond donors (Lipinski definition) is 1. The van der Waals surface area contributed by atoms with Gasteiger partial charge in [0.15, 0.2) is 0 Å². The molecule has 1 N–H and O–H groups in total. The van der Waals surface area contributed by atoms with Crippen molar-refractivity contribution in [2.45, 2.75) is 88.3 Å². The van der Waals surface area contributed by atoms with E-state index in [0.29, 0.717) is 26.1 Å². The molecule has 2 bridgehead atoms. The lowest BCUT2D eigenvalue weighted by Crippen LogP contribution is -2.60. The van der Waals surface area contributed by atoms with Gasteiger partial charge >= 0.3 is 5.97 Å². The first-order chi connectivity index (χ1) is 17.7. The molecule has 0 aliphatic carbocycles. The molecule has 3 heterocycles. The number of aliphatic hydroxyl groups is 1. The average molecular weight is 535 g/mol. The van der Waals surface area contributed by atoms with Gasteiger partial charge in [-0.25, -0.2) is 0 Å². The van der Waals surface area contributed by atoms with Crippen LogP contribution in [0.25, 0.3) is 0 Å². The maximum atomic E-state index is 14.4. The molecule has 208 valence electrons. The number of ether oxygens (including phenoxy) is 1. The Kier molecular flexibility index (Phi) is 10.3. The van der Waals surface area contributed by atoms with E-state index >= 15 is 0 Å². The molecule has 3 rings (SSSR count). The number of thioether (sulfide) groups is 1. The SMILES string of the molecule is C=CCCCOC(=O)[C@@H]1[C@@H]2CC(C)C3(S2)C(C(=O)N(CC=C)CCCC)N([C@@H](CO)[C@@H](C)CC)C(=O)[C@H]13. The third kappa shape index (κ3) is 5.25. The van der Waals surface area contributed by atoms with Gasteiger partial charge in [-0.2, -0.15) is 0 Å². The van der Waals surface area contributed by atoms with Crippen molar-refractivity contribution in [2.24, 2.45) is 23.7 Å². The van der Waals surface area contributed by atoms with Gasteiger partial charge in [0.25, 0.3) is 0 Å². The van der Waals surface area contributed by atoms with E-state index in [1.54, 1.807) is 28.8 Å². The first-order valence-corrected chi connectivity index (χ1v) is 14.9. The number of allylic oxidation sites excluding steroid dienone is 1. The van der Waals surface area contributed by atoms with E-state index in [1.165, 1.54) is 0 Å². The van der Waals surface area contributed by atoms with E-state index in [2.05, 4.69) is 27.0 Å². The molecular weight excluding hydrogens is 488 g/mol. The molecule has 2 amide bonds. The average Bonchev–Trinajstić information content (AvgIpc) is 3.48. The van der Waals surface area contributed by atoms with Crippen LogP contribution in [0.15, 0.2) is 25.3 Å². The normalized spacial score (nSPS) is 31.6. The quantitative estimate of drug-likeness (QED) is 0.194. The van der Waals surface area contributed by atoms with Gasteiger partial charge in [0.05, 0.1) is 35.8 Å². The Morgan fingerprint density at radius 2 is 2.03 bits per heavy atom. The molecule has 3 saturated heterocycles. The third-order valence-corrected chi connectivity index (χ3v) is 10.9. The third-order valence-electron chi connectivity index (χ3n) is 8.77. The van der Waals surface area contributed by atoms with Gasteiger partial charge in [-0.15, -0.1) is 24.9 Å². The molecule has 0 aromatic carbocycles. The lowest BCUT2D eigenvalue weighted by Gasteiger charge is -2.43. The van der Waals surface area contributed by atoms with Crippen molar-refractivity contribution < 1.29 is 24.2 Å². The second-order valence-electron chi connectivity index (χ2n) is 11.0. The summed E-state index contributed by atoms with van der Waals surface area (Å²) >= 11 is 1.65. The summed E-state index contributed by atoms with van der Waals surface area (Å²) in [5.74, 6) is -1.72. The number of aliphatic hydroxyl groups excluding tert-OH is 1. The Hall–Kier alpha value is -1.80. The van der Waals surface area contributed by atoms with Crippen molar-refractivity contribution in [3.05, 3.63) is 25.3 Å². The minimum absolute atomic E-state index is 0.00443. The van der Waals surface area contributed by atoms with Gasteiger partial charge in [-0.3, -0.25) is 14.4 Å². The number of likely N-dealkylation sites (tertiary alicyclic amines) is 1. The van der Waals surface area contributed by atoms with Crippen LogP contribution in [0.4, 0.5) is 0 Å². The molecule has 3 aliphatic rings. The van der Waals surface area contributed by atoms with E-state index in [0.717, 1.165) is 32.1 Å². The smallest absolute Gasteiger partial charge is 0.310 e. The van der Waals surface area contributed by atoms with E-state index in [-0.39, 0.29) is 41.5 Å². The largest absolute Gasteiger partial charge is 0.465 e. The van der Waals surface area contributed by atoms with E-state index in [1.807, 2.05) is 18.7 Å². The maximum Gasteiger partial charge on any atom is 0.310 e. The zero-order chi connectivity index (χ0) is 27.3. The van der Waals surface area contributed by atoms with Crippen molar-refractivity contribution in [2.75, 3.05) is 26.3 Å². The first-order valence-electron chi connectivity index (χ1n) is 14.0. The fraction of sp³-hybridized carbons (Fsp3) is 0.759. The topological polar surface area (TPSA) is 87.2 Å². The Morgan fingerprint density at radius 3 is 2.62 bits per heavy atom. The molecule has 7 nitrogen and oxygen atoms in total. The predicted molar refractivity (Wildman–Crippen MR) is 148 cm³/mol. The molecule has 0 saturated carbocycles. The lowest BCUT2D eigenvalue weighted by atomic mass is 9.66. The van der Waals surface area contributed by atoms with Crippen molar-refractivity contribution in [3.8, 4) is 0 Å². The zero-order valence-electron chi connectivity index (χ0n) is 23.1. The standard InChI is InChI=1S/C29H46N2O5S/c1-7-11-13-16-36-28(35)23-22-17-20(6)29(37-22)24(23)26(33)31(21(18-32)19(5)10-4)25(29)27(34)30(14-9-3)15-12-8-2/h7,9,19-25,32H,1,3,8,10-18H2,2,4-6H3/t19-,20?,21-,22-,23+,24-,25?,29?/m0/s1. The highest BCUT2D eigenvalue weighted by molar-refractivity contribution is 8.02. The van der Waals surface area contributed by atoms with Gasteiger partial charge in [0, 0.05) is 18.3 Å². The van der Waals surface area contributed by atoms with Crippen molar-refractivity contribution in [3.63, 3.8) is 0 Å². The number of nitrogens with zero attached hydrogens (tertiary/aromatic N) is 2. The highest BCUT2D eigenvalue weighted by atomic mass is 32.2. The number of carbonyl (C=O) groups excluding carboxylic acids is 3. The predicted octanol–water partition coefficient (Wildman–Crippen LogP) is 4.05. The van der Waals surface area contributed by atoms with Gasteiger partial charge in [0.1, 0.15) is 6.04 Å². The minimum atomic E-state index is -0.725.